The molecule has 0 fully saturated rings. The highest BCUT2D eigenvalue weighted by Gasteiger charge is 2.36. The second-order valence-electron chi connectivity index (χ2n) is 11.7. The summed E-state index contributed by atoms with van der Waals surface area (Å²) in [5.41, 5.74) is -0.0284. The summed E-state index contributed by atoms with van der Waals surface area (Å²) >= 11 is 13.1. The Morgan fingerprint density at radius 2 is 0.942 bits per heavy atom. The molecule has 8 N–H and O–H groups in total. The third-order valence-electron chi connectivity index (χ3n) is 8.65. The Morgan fingerprint density at radius 3 is 1.52 bits per heavy atom. The Hall–Kier alpha value is -5.76. The van der Waals surface area contributed by atoms with E-state index in [0.717, 1.165) is 10.8 Å². The number of hydrogen-bond donors (Lipinski definition) is 8. The van der Waals surface area contributed by atoms with Crippen LogP contribution >= 0.6 is 23.2 Å². The molecule has 0 aliphatic carbocycles. The molecule has 8 bridgehead atoms. The summed E-state index contributed by atoms with van der Waals surface area (Å²) in [4.78, 5) is 28.0. The Bertz CT molecular complexity index is 3420. The van der Waals surface area contributed by atoms with Crippen LogP contribution in [0.1, 0.15) is 0 Å². The number of hydrogen-bond acceptors (Lipinski definition) is 10. The smallest absolute Gasteiger partial charge is 0.299 e. The number of nitrogens with one attached hydrogen (secondary N) is 4. The topological polar surface area (TPSA) is 262 Å². The SMILES string of the molecule is O=S(=O)(O)c1c(O)c(O)c2c3[nH]c(c2c1S(=O)(=O)O)=Nc1[nH]c(c2ccccc12)N=c1[nH]c(c2ccccc12)=Nc1[nH]c(c2c(Cl)c(Cl)ccc12)N=3. The van der Waals surface area contributed by atoms with Gasteiger partial charge in [-0.15, -0.1) is 0 Å². The molecule has 4 aromatic heterocycles. The van der Waals surface area contributed by atoms with Crippen LogP contribution in [-0.4, -0.2) is 56.1 Å². The monoisotopic (exact) mass is 776 g/mol. The molecule has 20 heteroatoms. The van der Waals surface area contributed by atoms with Crippen LogP contribution in [-0.2, 0) is 20.2 Å². The highest BCUT2D eigenvalue weighted by atomic mass is 35.5. The van der Waals surface area contributed by atoms with Crippen molar-refractivity contribution in [2.45, 2.75) is 9.79 Å². The van der Waals surface area contributed by atoms with Crippen LogP contribution in [0, 0.1) is 0 Å². The normalized spacial score (nSPS) is 13.3. The van der Waals surface area contributed by atoms with Crippen LogP contribution in [0.4, 0.5) is 23.3 Å². The van der Waals surface area contributed by atoms with Crippen molar-refractivity contribution in [1.82, 2.24) is 19.9 Å². The minimum Gasteiger partial charge on any atom is -0.504 e. The van der Waals surface area contributed by atoms with Gasteiger partial charge in [-0.05, 0) is 12.1 Å². The van der Waals surface area contributed by atoms with Gasteiger partial charge in [0.25, 0.3) is 20.2 Å². The van der Waals surface area contributed by atoms with Crippen molar-refractivity contribution in [2.24, 2.45) is 20.0 Å². The van der Waals surface area contributed by atoms with Crippen molar-refractivity contribution in [3.05, 3.63) is 92.7 Å². The summed E-state index contributed by atoms with van der Waals surface area (Å²) in [5, 5.41) is 24.2. The van der Waals surface area contributed by atoms with E-state index in [9.17, 15) is 36.2 Å². The number of aromatic hydroxyl groups is 2. The van der Waals surface area contributed by atoms with Gasteiger partial charge in [0.05, 0.1) is 20.8 Å². The van der Waals surface area contributed by atoms with Crippen molar-refractivity contribution < 1.29 is 36.2 Å². The third-order valence-corrected chi connectivity index (χ3v) is 11.4. The van der Waals surface area contributed by atoms with Gasteiger partial charge in [0.2, 0.25) is 0 Å². The van der Waals surface area contributed by atoms with E-state index in [2.05, 4.69) is 29.9 Å². The van der Waals surface area contributed by atoms with Gasteiger partial charge >= 0.3 is 0 Å². The molecule has 0 amide bonds. The number of halogens is 2. The molecule has 0 unspecified atom stereocenters. The van der Waals surface area contributed by atoms with E-state index < -0.39 is 57.8 Å². The van der Waals surface area contributed by atoms with Gasteiger partial charge in [-0.2, -0.15) is 16.8 Å². The minimum atomic E-state index is -5.62. The van der Waals surface area contributed by atoms with E-state index in [0.29, 0.717) is 33.0 Å². The first kappa shape index (κ1) is 32.2. The lowest BCUT2D eigenvalue weighted by Crippen LogP contribution is -2.14. The highest BCUT2D eigenvalue weighted by molar-refractivity contribution is 7.89. The van der Waals surface area contributed by atoms with Crippen molar-refractivity contribution in [2.75, 3.05) is 0 Å². The first-order valence-electron chi connectivity index (χ1n) is 14.9. The lowest BCUT2D eigenvalue weighted by atomic mass is 10.1. The molecule has 16 nitrogen and oxygen atoms in total. The molecule has 9 rings (SSSR count). The summed E-state index contributed by atoms with van der Waals surface area (Å²) in [6.07, 6.45) is 0. The number of benzene rings is 4. The van der Waals surface area contributed by atoms with Gasteiger partial charge in [0, 0.05) is 32.3 Å². The molecule has 0 atom stereocenters. The van der Waals surface area contributed by atoms with Gasteiger partial charge in [0.1, 0.15) is 50.1 Å². The summed E-state index contributed by atoms with van der Waals surface area (Å²) in [6, 6.07) is 17.5. The molecule has 260 valence electrons. The number of phenolic OH excluding ortho intramolecular Hbond substituents is 2. The fourth-order valence-corrected chi connectivity index (χ4v) is 9.01. The van der Waals surface area contributed by atoms with Crippen molar-refractivity contribution in [3.63, 3.8) is 0 Å². The quantitative estimate of drug-likeness (QED) is 0.0878. The second kappa shape index (κ2) is 10.9. The van der Waals surface area contributed by atoms with Crippen molar-refractivity contribution in [1.29, 1.82) is 0 Å². The highest BCUT2D eigenvalue weighted by Crippen LogP contribution is 2.44. The Labute approximate surface area is 298 Å². The zero-order valence-corrected chi connectivity index (χ0v) is 28.7. The van der Waals surface area contributed by atoms with Gasteiger partial charge < -0.3 is 30.1 Å². The summed E-state index contributed by atoms with van der Waals surface area (Å²) in [7, 11) is -11.2. The lowest BCUT2D eigenvalue weighted by molar-refractivity contribution is 0.388. The molecule has 1 aliphatic rings. The van der Waals surface area contributed by atoms with Crippen LogP contribution in [0.2, 0.25) is 10.0 Å². The molecule has 4 aromatic carbocycles. The Kier molecular flexibility index (Phi) is 6.73. The predicted octanol–water partition coefficient (Wildman–Crippen LogP) is 4.94. The largest absolute Gasteiger partial charge is 0.504 e. The Morgan fingerprint density at radius 1 is 0.481 bits per heavy atom. The maximum atomic E-state index is 12.9. The molecule has 8 aromatic rings. The zero-order chi connectivity index (χ0) is 36.4. The Balaban J connectivity index is 1.58. The van der Waals surface area contributed by atoms with E-state index in [1.165, 1.54) is 0 Å². The molecular weight excluding hydrogens is 759 g/mol. The number of rotatable bonds is 2. The van der Waals surface area contributed by atoms with Crippen LogP contribution in [0.5, 0.6) is 11.5 Å². The number of phenols is 2. The minimum absolute atomic E-state index is 0.0254. The average Bonchev–Trinajstić information content (AvgIpc) is 3.82. The van der Waals surface area contributed by atoms with Crippen molar-refractivity contribution >= 4 is 110 Å². The molecule has 0 saturated heterocycles. The zero-order valence-electron chi connectivity index (χ0n) is 25.6. The molecule has 0 saturated carbocycles. The molecule has 1 aliphatic heterocycles. The van der Waals surface area contributed by atoms with E-state index in [4.69, 9.17) is 33.2 Å². The second-order valence-corrected chi connectivity index (χ2v) is 15.2. The van der Waals surface area contributed by atoms with E-state index in [1.54, 1.807) is 36.4 Å². The fraction of sp³-hybridized carbons (Fsp3) is 0. The van der Waals surface area contributed by atoms with Crippen LogP contribution < -0.4 is 22.0 Å². The first-order valence-corrected chi connectivity index (χ1v) is 18.5. The third kappa shape index (κ3) is 4.66. The lowest BCUT2D eigenvalue weighted by Gasteiger charge is -2.10. The standard InChI is InChI=1S/C32H18Cl2N8O8S2/c33-16-10-9-15-17(20(16)34)30-40-29(15)38-27-12-6-2-1-5-11(12)25(36-27)35-26-13-7-3-4-8-14(13)28(37-26)39-32-19-18(31(41-30)42-32)21(43)22(44)24(52(48,49)50)23(19)51(45,46)47/h1-10,43-44H,(H,45,46,47)(H,48,49,50)(H4,35,36,37,38,39,40,41,42). The van der Waals surface area contributed by atoms with Gasteiger partial charge in [0.15, 0.2) is 16.4 Å². The van der Waals surface area contributed by atoms with Crippen molar-refractivity contribution in [3.8, 4) is 11.5 Å². The molecule has 52 heavy (non-hydrogen) atoms. The number of H-pyrrole nitrogens is 4. The predicted molar refractivity (Wildman–Crippen MR) is 189 cm³/mol. The molecular formula is C32H18Cl2N8O8S2. The van der Waals surface area contributed by atoms with Gasteiger partial charge in [-0.25, -0.2) is 20.0 Å². The number of aromatic amines is 4. The average molecular weight is 778 g/mol. The van der Waals surface area contributed by atoms with E-state index in [-0.39, 0.29) is 38.4 Å². The van der Waals surface area contributed by atoms with Crippen LogP contribution in [0.15, 0.2) is 90.4 Å². The maximum absolute atomic E-state index is 12.9. The summed E-state index contributed by atoms with van der Waals surface area (Å²) < 4.78 is 71.4. The van der Waals surface area contributed by atoms with Crippen LogP contribution in [0.25, 0.3) is 43.1 Å². The number of aromatic nitrogens is 4. The van der Waals surface area contributed by atoms with E-state index in [1.807, 2.05) is 24.3 Å². The van der Waals surface area contributed by atoms with Crippen LogP contribution in [0.3, 0.4) is 0 Å². The van der Waals surface area contributed by atoms with Gasteiger partial charge in [-0.3, -0.25) is 9.11 Å². The molecule has 0 radical (unpaired) electrons. The van der Waals surface area contributed by atoms with E-state index >= 15 is 0 Å². The fourth-order valence-electron chi connectivity index (χ4n) is 6.51. The maximum Gasteiger partial charge on any atom is 0.299 e. The van der Waals surface area contributed by atoms with Gasteiger partial charge in [-0.1, -0.05) is 71.7 Å². The number of fused-ring (bicyclic) bond motifs is 20. The molecule has 0 spiro atoms. The summed E-state index contributed by atoms with van der Waals surface area (Å²) in [5.74, 6) is -2.20. The molecule has 5 heterocycles. The number of nitrogens with zero attached hydrogens (tertiary/aromatic N) is 4. The summed E-state index contributed by atoms with van der Waals surface area (Å²) in [6.45, 7) is 0. The first-order chi connectivity index (χ1) is 24.7.